The molecular formula is C16H29N3O. The summed E-state index contributed by atoms with van der Waals surface area (Å²) in [5, 5.41) is 3.74. The van der Waals surface area contributed by atoms with Crippen LogP contribution in [0.25, 0.3) is 0 Å². The average molecular weight is 279 g/mol. The zero-order chi connectivity index (χ0) is 14.4. The predicted molar refractivity (Wildman–Crippen MR) is 81.7 cm³/mol. The number of aromatic nitrogens is 2. The smallest absolute Gasteiger partial charge is 0.108 e. The van der Waals surface area contributed by atoms with E-state index in [9.17, 15) is 0 Å². The highest BCUT2D eigenvalue weighted by atomic mass is 16.5. The van der Waals surface area contributed by atoms with Crippen molar-refractivity contribution in [1.29, 1.82) is 0 Å². The Morgan fingerprint density at radius 1 is 1.50 bits per heavy atom. The van der Waals surface area contributed by atoms with Crippen LogP contribution in [0, 0.1) is 5.92 Å². The van der Waals surface area contributed by atoms with Gasteiger partial charge in [-0.1, -0.05) is 13.8 Å². The van der Waals surface area contributed by atoms with Crippen LogP contribution in [0.3, 0.4) is 0 Å². The van der Waals surface area contributed by atoms with Crippen molar-refractivity contribution in [2.24, 2.45) is 13.0 Å². The second-order valence-electron chi connectivity index (χ2n) is 5.82. The van der Waals surface area contributed by atoms with E-state index in [1.807, 2.05) is 12.4 Å². The predicted octanol–water partition coefficient (Wildman–Crippen LogP) is 2.54. The quantitative estimate of drug-likeness (QED) is 0.795. The van der Waals surface area contributed by atoms with Gasteiger partial charge in [-0.2, -0.15) is 0 Å². The SMILES string of the molecule is CCCNC(CCc1nccn1C)C1CCOC1CC. The topological polar surface area (TPSA) is 39.1 Å². The maximum absolute atomic E-state index is 5.88. The second-order valence-corrected chi connectivity index (χ2v) is 5.82. The monoisotopic (exact) mass is 279 g/mol. The van der Waals surface area contributed by atoms with Crippen LogP contribution in [0.2, 0.25) is 0 Å². The third-order valence-corrected chi connectivity index (χ3v) is 4.44. The first kappa shape index (κ1) is 15.5. The minimum atomic E-state index is 0.436. The molecule has 0 aromatic carbocycles. The molecule has 1 aromatic heterocycles. The Morgan fingerprint density at radius 2 is 2.35 bits per heavy atom. The van der Waals surface area contributed by atoms with Gasteiger partial charge in [-0.3, -0.25) is 0 Å². The fourth-order valence-electron chi connectivity index (χ4n) is 3.27. The van der Waals surface area contributed by atoms with Crippen molar-refractivity contribution in [2.75, 3.05) is 13.2 Å². The van der Waals surface area contributed by atoms with E-state index in [-0.39, 0.29) is 0 Å². The number of hydrogen-bond donors (Lipinski definition) is 1. The van der Waals surface area contributed by atoms with Crippen molar-refractivity contribution in [3.8, 4) is 0 Å². The van der Waals surface area contributed by atoms with Gasteiger partial charge >= 0.3 is 0 Å². The summed E-state index contributed by atoms with van der Waals surface area (Å²) in [6, 6.07) is 0.555. The lowest BCUT2D eigenvalue weighted by Crippen LogP contribution is -2.40. The van der Waals surface area contributed by atoms with Crippen molar-refractivity contribution in [1.82, 2.24) is 14.9 Å². The van der Waals surface area contributed by atoms with Gasteiger partial charge in [0, 0.05) is 44.4 Å². The highest BCUT2D eigenvalue weighted by Gasteiger charge is 2.33. The first-order valence-corrected chi connectivity index (χ1v) is 8.07. The van der Waals surface area contributed by atoms with E-state index in [4.69, 9.17) is 4.74 Å². The molecule has 114 valence electrons. The minimum absolute atomic E-state index is 0.436. The van der Waals surface area contributed by atoms with Crippen molar-refractivity contribution >= 4 is 0 Å². The van der Waals surface area contributed by atoms with Gasteiger partial charge in [0.25, 0.3) is 0 Å². The second kappa shape index (κ2) is 7.79. The lowest BCUT2D eigenvalue weighted by atomic mass is 9.88. The highest BCUT2D eigenvalue weighted by Crippen LogP contribution is 2.28. The number of rotatable bonds is 8. The zero-order valence-electron chi connectivity index (χ0n) is 13.1. The summed E-state index contributed by atoms with van der Waals surface area (Å²) in [6.45, 7) is 6.48. The first-order chi connectivity index (χ1) is 9.76. The summed E-state index contributed by atoms with van der Waals surface area (Å²) in [6.07, 6.45) is 10.0. The third-order valence-electron chi connectivity index (χ3n) is 4.44. The molecule has 0 spiro atoms. The molecule has 0 saturated carbocycles. The maximum Gasteiger partial charge on any atom is 0.108 e. The van der Waals surface area contributed by atoms with Crippen LogP contribution < -0.4 is 5.32 Å². The van der Waals surface area contributed by atoms with Gasteiger partial charge in [-0.15, -0.1) is 0 Å². The molecule has 4 heteroatoms. The molecule has 3 unspecified atom stereocenters. The van der Waals surface area contributed by atoms with Gasteiger partial charge in [0.1, 0.15) is 5.82 Å². The van der Waals surface area contributed by atoms with Gasteiger partial charge in [-0.05, 0) is 32.2 Å². The Bertz CT molecular complexity index is 391. The van der Waals surface area contributed by atoms with Crippen LogP contribution in [-0.2, 0) is 18.2 Å². The van der Waals surface area contributed by atoms with Crippen molar-refractivity contribution in [3.05, 3.63) is 18.2 Å². The fraction of sp³-hybridized carbons (Fsp3) is 0.812. The molecule has 20 heavy (non-hydrogen) atoms. The number of ether oxygens (including phenoxy) is 1. The number of imidazole rings is 1. The number of nitrogens with one attached hydrogen (secondary N) is 1. The maximum atomic E-state index is 5.88. The van der Waals surface area contributed by atoms with Gasteiger partial charge in [-0.25, -0.2) is 4.98 Å². The summed E-state index contributed by atoms with van der Waals surface area (Å²) in [7, 11) is 2.07. The summed E-state index contributed by atoms with van der Waals surface area (Å²) in [4.78, 5) is 4.44. The number of aryl methyl sites for hydroxylation is 2. The van der Waals surface area contributed by atoms with Crippen LogP contribution in [-0.4, -0.2) is 34.8 Å². The summed E-state index contributed by atoms with van der Waals surface area (Å²) >= 11 is 0. The van der Waals surface area contributed by atoms with E-state index in [1.54, 1.807) is 0 Å². The summed E-state index contributed by atoms with van der Waals surface area (Å²) in [5.41, 5.74) is 0. The van der Waals surface area contributed by atoms with Crippen molar-refractivity contribution in [2.45, 2.75) is 58.1 Å². The molecule has 1 fully saturated rings. The Morgan fingerprint density at radius 3 is 3.00 bits per heavy atom. The fourth-order valence-corrected chi connectivity index (χ4v) is 3.27. The first-order valence-electron chi connectivity index (χ1n) is 8.07. The Hall–Kier alpha value is -0.870. The van der Waals surface area contributed by atoms with Gasteiger partial charge in [0.15, 0.2) is 0 Å². The van der Waals surface area contributed by atoms with Crippen LogP contribution in [0.15, 0.2) is 12.4 Å². The minimum Gasteiger partial charge on any atom is -0.378 e. The van der Waals surface area contributed by atoms with E-state index in [1.165, 1.54) is 18.7 Å². The summed E-state index contributed by atoms with van der Waals surface area (Å²) in [5.74, 6) is 1.84. The molecule has 1 aliphatic rings. The Labute approximate surface area is 122 Å². The molecule has 1 N–H and O–H groups in total. The Kier molecular flexibility index (Phi) is 6.05. The number of nitrogens with zero attached hydrogens (tertiary/aromatic N) is 2. The Balaban J connectivity index is 1.94. The molecule has 0 aliphatic carbocycles. The van der Waals surface area contributed by atoms with E-state index in [2.05, 4.69) is 35.8 Å². The number of hydrogen-bond acceptors (Lipinski definition) is 3. The van der Waals surface area contributed by atoms with Crippen molar-refractivity contribution < 1.29 is 4.74 Å². The van der Waals surface area contributed by atoms with Crippen LogP contribution >= 0.6 is 0 Å². The molecule has 0 radical (unpaired) electrons. The van der Waals surface area contributed by atoms with E-state index < -0.39 is 0 Å². The lowest BCUT2D eigenvalue weighted by Gasteiger charge is -2.28. The molecule has 0 amide bonds. The molecule has 3 atom stereocenters. The summed E-state index contributed by atoms with van der Waals surface area (Å²) < 4.78 is 8.00. The van der Waals surface area contributed by atoms with Crippen molar-refractivity contribution in [3.63, 3.8) is 0 Å². The highest BCUT2D eigenvalue weighted by molar-refractivity contribution is 4.94. The molecule has 2 rings (SSSR count). The molecule has 1 aromatic rings. The molecule has 0 bridgehead atoms. The normalized spacial score (nSPS) is 24.1. The molecule has 1 saturated heterocycles. The van der Waals surface area contributed by atoms with Crippen LogP contribution in [0.5, 0.6) is 0 Å². The van der Waals surface area contributed by atoms with Gasteiger partial charge in [0.05, 0.1) is 6.10 Å². The van der Waals surface area contributed by atoms with E-state index in [0.717, 1.165) is 32.4 Å². The third kappa shape index (κ3) is 3.83. The van der Waals surface area contributed by atoms with E-state index >= 15 is 0 Å². The van der Waals surface area contributed by atoms with Crippen LogP contribution in [0.4, 0.5) is 0 Å². The molecule has 4 nitrogen and oxygen atoms in total. The zero-order valence-corrected chi connectivity index (χ0v) is 13.1. The van der Waals surface area contributed by atoms with E-state index in [0.29, 0.717) is 18.1 Å². The average Bonchev–Trinajstić information content (AvgIpc) is 3.08. The molecule has 1 aliphatic heterocycles. The lowest BCUT2D eigenvalue weighted by molar-refractivity contribution is 0.0764. The van der Waals surface area contributed by atoms with Crippen LogP contribution in [0.1, 0.15) is 45.4 Å². The molecule has 2 heterocycles. The van der Waals surface area contributed by atoms with Gasteiger partial charge < -0.3 is 14.6 Å². The largest absolute Gasteiger partial charge is 0.378 e. The van der Waals surface area contributed by atoms with Gasteiger partial charge in [0.2, 0.25) is 0 Å². The molecular weight excluding hydrogens is 250 g/mol. The standard InChI is InChI=1S/C16H29N3O/c1-4-9-17-14(13-8-12-20-15(13)5-2)6-7-16-18-10-11-19(16)3/h10-11,13-15,17H,4-9,12H2,1-3H3.